The van der Waals surface area contributed by atoms with Gasteiger partial charge in [0.2, 0.25) is 5.82 Å². The van der Waals surface area contributed by atoms with E-state index in [9.17, 15) is 10.1 Å². The molecule has 0 saturated heterocycles. The van der Waals surface area contributed by atoms with Gasteiger partial charge >= 0.3 is 5.69 Å². The molecule has 17 heavy (non-hydrogen) atoms. The second-order valence-corrected chi connectivity index (χ2v) is 3.85. The fourth-order valence-corrected chi connectivity index (χ4v) is 1.45. The first-order valence-electron chi connectivity index (χ1n) is 5.61. The first kappa shape index (κ1) is 13.4. The summed E-state index contributed by atoms with van der Waals surface area (Å²) in [5.74, 6) is 0.310. The molecule has 1 rings (SSSR count). The molecule has 0 atom stereocenters. The number of aliphatic hydroxyl groups is 1. The molecule has 2 N–H and O–H groups in total. The van der Waals surface area contributed by atoms with Gasteiger partial charge in [-0.3, -0.25) is 10.1 Å². The van der Waals surface area contributed by atoms with Gasteiger partial charge in [-0.25, -0.2) is 4.98 Å². The Morgan fingerprint density at radius 3 is 2.88 bits per heavy atom. The van der Waals surface area contributed by atoms with E-state index in [-0.39, 0.29) is 12.3 Å². The van der Waals surface area contributed by atoms with Crippen molar-refractivity contribution in [2.45, 2.75) is 26.2 Å². The van der Waals surface area contributed by atoms with Crippen LogP contribution in [-0.2, 0) is 0 Å². The molecule has 94 valence electrons. The summed E-state index contributed by atoms with van der Waals surface area (Å²) in [6.45, 7) is 2.57. The van der Waals surface area contributed by atoms with Crippen molar-refractivity contribution < 1.29 is 10.0 Å². The van der Waals surface area contributed by atoms with Gasteiger partial charge in [0.25, 0.3) is 0 Å². The number of hydrogen-bond donors (Lipinski definition) is 2. The highest BCUT2D eigenvalue weighted by Gasteiger charge is 2.14. The van der Waals surface area contributed by atoms with Crippen LogP contribution in [-0.4, -0.2) is 28.2 Å². The first-order chi connectivity index (χ1) is 8.15. The number of aliphatic hydroxyl groups excluding tert-OH is 1. The lowest BCUT2D eigenvalue weighted by atomic mass is 10.2. The van der Waals surface area contributed by atoms with Crippen molar-refractivity contribution in [3.8, 4) is 0 Å². The van der Waals surface area contributed by atoms with Crippen molar-refractivity contribution >= 4 is 11.5 Å². The maximum atomic E-state index is 10.8. The van der Waals surface area contributed by atoms with Crippen LogP contribution in [0.4, 0.5) is 11.5 Å². The van der Waals surface area contributed by atoms with Gasteiger partial charge in [-0.1, -0.05) is 0 Å². The third-order valence-corrected chi connectivity index (χ3v) is 2.33. The van der Waals surface area contributed by atoms with Gasteiger partial charge in [-0.05, 0) is 31.7 Å². The maximum Gasteiger partial charge on any atom is 0.311 e. The molecule has 1 heterocycles. The van der Waals surface area contributed by atoms with Gasteiger partial charge in [0, 0.05) is 25.4 Å². The summed E-state index contributed by atoms with van der Waals surface area (Å²) in [5.41, 5.74) is 0.773. The fourth-order valence-electron chi connectivity index (χ4n) is 1.45. The Labute approximate surface area is 99.8 Å². The average Bonchev–Trinajstić information content (AvgIpc) is 2.30. The van der Waals surface area contributed by atoms with Gasteiger partial charge in [0.05, 0.1) is 4.92 Å². The lowest BCUT2D eigenvalue weighted by Crippen LogP contribution is -2.06. The Bertz CT molecular complexity index is 382. The molecule has 1 aromatic heterocycles. The highest BCUT2D eigenvalue weighted by Crippen LogP contribution is 2.22. The number of unbranched alkanes of at least 4 members (excludes halogenated alkanes) is 2. The predicted molar refractivity (Wildman–Crippen MR) is 65.1 cm³/mol. The molecule has 0 saturated carbocycles. The van der Waals surface area contributed by atoms with Crippen molar-refractivity contribution in [1.29, 1.82) is 0 Å². The van der Waals surface area contributed by atoms with Crippen LogP contribution in [0.5, 0.6) is 0 Å². The number of nitrogens with one attached hydrogen (secondary N) is 1. The molecule has 6 heteroatoms. The first-order valence-corrected chi connectivity index (χ1v) is 5.61. The van der Waals surface area contributed by atoms with Crippen LogP contribution in [0.3, 0.4) is 0 Å². The topological polar surface area (TPSA) is 88.3 Å². The van der Waals surface area contributed by atoms with Gasteiger partial charge in [0.1, 0.15) is 0 Å². The van der Waals surface area contributed by atoms with Crippen LogP contribution in [0.2, 0.25) is 0 Å². The van der Waals surface area contributed by atoms with E-state index in [1.54, 1.807) is 13.1 Å². The normalized spacial score (nSPS) is 10.2. The molecule has 0 fully saturated rings. The summed E-state index contributed by atoms with van der Waals surface area (Å²) < 4.78 is 0. The molecule has 0 radical (unpaired) electrons. The third kappa shape index (κ3) is 4.36. The van der Waals surface area contributed by atoms with E-state index in [2.05, 4.69) is 10.3 Å². The summed E-state index contributed by atoms with van der Waals surface area (Å²) >= 11 is 0. The van der Waals surface area contributed by atoms with E-state index < -0.39 is 4.92 Å². The van der Waals surface area contributed by atoms with Gasteiger partial charge < -0.3 is 10.4 Å². The maximum absolute atomic E-state index is 10.8. The number of nitro groups is 1. The molecule has 0 aliphatic carbocycles. The molecule has 6 nitrogen and oxygen atoms in total. The number of pyridine rings is 1. The van der Waals surface area contributed by atoms with E-state index in [0.717, 1.165) is 24.8 Å². The number of rotatable bonds is 7. The van der Waals surface area contributed by atoms with Crippen LogP contribution < -0.4 is 5.32 Å². The van der Waals surface area contributed by atoms with E-state index in [0.29, 0.717) is 12.4 Å². The third-order valence-electron chi connectivity index (χ3n) is 2.33. The van der Waals surface area contributed by atoms with E-state index in [1.165, 1.54) is 6.07 Å². The Morgan fingerprint density at radius 2 is 2.24 bits per heavy atom. The Morgan fingerprint density at radius 1 is 1.47 bits per heavy atom. The van der Waals surface area contributed by atoms with Crippen molar-refractivity contribution in [2.24, 2.45) is 0 Å². The lowest BCUT2D eigenvalue weighted by molar-refractivity contribution is -0.384. The summed E-state index contributed by atoms with van der Waals surface area (Å²) in [4.78, 5) is 14.4. The highest BCUT2D eigenvalue weighted by atomic mass is 16.6. The molecule has 1 aromatic rings. The molecule has 0 bridgehead atoms. The summed E-state index contributed by atoms with van der Waals surface area (Å²) in [5, 5.41) is 22.4. The number of aromatic nitrogens is 1. The zero-order chi connectivity index (χ0) is 12.7. The SMILES string of the molecule is Cc1cnc(NCCCCCO)c([N+](=O)[O-])c1. The summed E-state index contributed by atoms with van der Waals surface area (Å²) in [7, 11) is 0. The summed E-state index contributed by atoms with van der Waals surface area (Å²) in [6.07, 6.45) is 4.10. The molecule has 0 unspecified atom stereocenters. The van der Waals surface area contributed by atoms with Crippen LogP contribution in [0.1, 0.15) is 24.8 Å². The zero-order valence-corrected chi connectivity index (χ0v) is 9.85. The molecule has 0 amide bonds. The molecule has 0 aromatic carbocycles. The zero-order valence-electron chi connectivity index (χ0n) is 9.85. The second kappa shape index (κ2) is 6.80. The van der Waals surface area contributed by atoms with Gasteiger partial charge in [-0.15, -0.1) is 0 Å². The minimum atomic E-state index is -0.434. The largest absolute Gasteiger partial charge is 0.396 e. The van der Waals surface area contributed by atoms with Crippen LogP contribution in [0, 0.1) is 17.0 Å². The Balaban J connectivity index is 2.55. The van der Waals surface area contributed by atoms with E-state index >= 15 is 0 Å². The quantitative estimate of drug-likeness (QED) is 0.431. The van der Waals surface area contributed by atoms with E-state index in [1.807, 2.05) is 0 Å². The summed E-state index contributed by atoms with van der Waals surface area (Å²) in [6, 6.07) is 1.50. The van der Waals surface area contributed by atoms with E-state index in [4.69, 9.17) is 5.11 Å². The minimum Gasteiger partial charge on any atom is -0.396 e. The van der Waals surface area contributed by atoms with Crippen molar-refractivity contribution in [3.63, 3.8) is 0 Å². The standard InChI is InChI=1S/C11H17N3O3/c1-9-7-10(14(16)17)11(13-8-9)12-5-3-2-4-6-15/h7-8,15H,2-6H2,1H3,(H,12,13). The number of hydrogen-bond acceptors (Lipinski definition) is 5. The number of aryl methyl sites for hydroxylation is 1. The lowest BCUT2D eigenvalue weighted by Gasteiger charge is -2.06. The second-order valence-electron chi connectivity index (χ2n) is 3.85. The van der Waals surface area contributed by atoms with Gasteiger partial charge in [-0.2, -0.15) is 0 Å². The van der Waals surface area contributed by atoms with Crippen molar-refractivity contribution in [2.75, 3.05) is 18.5 Å². The highest BCUT2D eigenvalue weighted by molar-refractivity contribution is 5.56. The van der Waals surface area contributed by atoms with Crippen LogP contribution >= 0.6 is 0 Å². The number of nitrogens with zero attached hydrogens (tertiary/aromatic N) is 2. The van der Waals surface area contributed by atoms with Crippen molar-refractivity contribution in [3.05, 3.63) is 27.9 Å². The smallest absolute Gasteiger partial charge is 0.311 e. The average molecular weight is 239 g/mol. The fraction of sp³-hybridized carbons (Fsp3) is 0.545. The van der Waals surface area contributed by atoms with Crippen molar-refractivity contribution in [1.82, 2.24) is 4.98 Å². The van der Waals surface area contributed by atoms with Crippen LogP contribution in [0.15, 0.2) is 12.3 Å². The Hall–Kier alpha value is -1.69. The molecule has 0 aliphatic heterocycles. The van der Waals surface area contributed by atoms with Crippen LogP contribution in [0.25, 0.3) is 0 Å². The molecule has 0 spiro atoms. The number of anilines is 1. The Kier molecular flexibility index (Phi) is 5.35. The predicted octanol–water partition coefficient (Wildman–Crippen LogP) is 1.87. The molecular formula is C11H17N3O3. The molecular weight excluding hydrogens is 222 g/mol. The van der Waals surface area contributed by atoms with Gasteiger partial charge in [0.15, 0.2) is 0 Å². The molecule has 0 aliphatic rings. The monoisotopic (exact) mass is 239 g/mol. The minimum absolute atomic E-state index is 0.00663.